The molecule has 2 aromatic rings. The van der Waals surface area contributed by atoms with Crippen LogP contribution in [0.25, 0.3) is 11.0 Å². The highest BCUT2D eigenvalue weighted by atomic mass is 16.5. The summed E-state index contributed by atoms with van der Waals surface area (Å²) in [5.74, 6) is 6.79. The predicted molar refractivity (Wildman–Crippen MR) is 85.9 cm³/mol. The van der Waals surface area contributed by atoms with Crippen molar-refractivity contribution in [1.29, 1.82) is 0 Å². The molecule has 2 unspecified atom stereocenters. The van der Waals surface area contributed by atoms with Crippen molar-refractivity contribution in [2.45, 2.75) is 45.3 Å². The van der Waals surface area contributed by atoms with Gasteiger partial charge in [-0.3, -0.25) is 11.3 Å². The van der Waals surface area contributed by atoms with Gasteiger partial charge in [-0.2, -0.15) is 0 Å². The molecule has 0 aliphatic rings. The van der Waals surface area contributed by atoms with Gasteiger partial charge >= 0.3 is 0 Å². The number of nitrogens with two attached hydrogens (primary N) is 1. The van der Waals surface area contributed by atoms with Crippen LogP contribution in [-0.4, -0.2) is 28.3 Å². The third-order valence-electron chi connectivity index (χ3n) is 3.90. The molecule has 2 atom stereocenters. The summed E-state index contributed by atoms with van der Waals surface area (Å²) in [4.78, 5) is 4.71. The molecule has 1 aromatic carbocycles. The van der Waals surface area contributed by atoms with E-state index in [4.69, 9.17) is 15.6 Å². The Kier molecular flexibility index (Phi) is 5.73. The Morgan fingerprint density at radius 3 is 2.71 bits per heavy atom. The van der Waals surface area contributed by atoms with E-state index >= 15 is 0 Å². The number of hydrogen-bond donors (Lipinski definition) is 2. The third-order valence-corrected chi connectivity index (χ3v) is 3.90. The number of hydrazine groups is 1. The molecule has 5 nitrogen and oxygen atoms in total. The van der Waals surface area contributed by atoms with Crippen LogP contribution in [-0.2, 0) is 18.2 Å². The Bertz CT molecular complexity index is 560. The van der Waals surface area contributed by atoms with Gasteiger partial charge in [-0.25, -0.2) is 4.98 Å². The van der Waals surface area contributed by atoms with Crippen LogP contribution in [0, 0.1) is 0 Å². The Morgan fingerprint density at radius 1 is 1.33 bits per heavy atom. The molecule has 3 N–H and O–H groups in total. The van der Waals surface area contributed by atoms with Crippen LogP contribution in [0.2, 0.25) is 0 Å². The molecule has 0 aliphatic heterocycles. The zero-order valence-corrected chi connectivity index (χ0v) is 13.2. The van der Waals surface area contributed by atoms with E-state index in [1.54, 1.807) is 0 Å². The Balaban J connectivity index is 2.21. The van der Waals surface area contributed by atoms with Gasteiger partial charge in [0.05, 0.1) is 23.2 Å². The molecule has 1 aromatic heterocycles. The molecule has 0 saturated heterocycles. The lowest BCUT2D eigenvalue weighted by Gasteiger charge is -2.26. The molecule has 0 radical (unpaired) electrons. The van der Waals surface area contributed by atoms with Crippen LogP contribution in [0.15, 0.2) is 24.3 Å². The van der Waals surface area contributed by atoms with E-state index in [9.17, 15) is 0 Å². The predicted octanol–water partition coefficient (Wildman–Crippen LogP) is 2.15. The Hall–Kier alpha value is -1.43. The number of rotatable bonds is 8. The number of benzene rings is 1. The summed E-state index contributed by atoms with van der Waals surface area (Å²) in [6.45, 7) is 4.88. The molecule has 0 aliphatic carbocycles. The van der Waals surface area contributed by atoms with Crippen LogP contribution in [0.3, 0.4) is 0 Å². The maximum Gasteiger partial charge on any atom is 0.111 e. The van der Waals surface area contributed by atoms with Gasteiger partial charge in [-0.1, -0.05) is 25.5 Å². The number of imidazole rings is 1. The molecule has 0 bridgehead atoms. The lowest BCUT2D eigenvalue weighted by atomic mass is 10.0. The molecule has 21 heavy (non-hydrogen) atoms. The number of hydrogen-bond acceptors (Lipinski definition) is 4. The minimum atomic E-state index is 0.0698. The van der Waals surface area contributed by atoms with Crippen LogP contribution in [0.1, 0.15) is 32.5 Å². The van der Waals surface area contributed by atoms with E-state index in [1.807, 2.05) is 32.2 Å². The lowest BCUT2D eigenvalue weighted by Crippen LogP contribution is -2.47. The van der Waals surface area contributed by atoms with Crippen molar-refractivity contribution in [3.8, 4) is 0 Å². The highest BCUT2D eigenvalue weighted by molar-refractivity contribution is 5.75. The molecule has 2 rings (SSSR count). The third kappa shape index (κ3) is 3.61. The molecule has 116 valence electrons. The van der Waals surface area contributed by atoms with Gasteiger partial charge in [0.1, 0.15) is 5.82 Å². The molecule has 0 spiro atoms. The molecule has 0 amide bonds. The maximum absolute atomic E-state index is 5.84. The number of nitrogens with zero attached hydrogens (tertiary/aromatic N) is 2. The molecule has 0 fully saturated rings. The van der Waals surface area contributed by atoms with Crippen molar-refractivity contribution in [3.63, 3.8) is 0 Å². The van der Waals surface area contributed by atoms with E-state index in [1.165, 1.54) is 0 Å². The van der Waals surface area contributed by atoms with Crippen LogP contribution in [0.5, 0.6) is 0 Å². The first-order valence-corrected chi connectivity index (χ1v) is 7.69. The van der Waals surface area contributed by atoms with Crippen molar-refractivity contribution in [2.24, 2.45) is 12.9 Å². The second-order valence-corrected chi connectivity index (χ2v) is 5.34. The minimum absolute atomic E-state index is 0.0698. The van der Waals surface area contributed by atoms with Gasteiger partial charge in [0.15, 0.2) is 0 Å². The summed E-state index contributed by atoms with van der Waals surface area (Å²) in [7, 11) is 2.05. The number of para-hydroxylation sites is 2. The maximum atomic E-state index is 5.84. The first-order valence-electron chi connectivity index (χ1n) is 7.69. The quantitative estimate of drug-likeness (QED) is 0.577. The lowest BCUT2D eigenvalue weighted by molar-refractivity contribution is 0.0275. The molecular formula is C16H26N4O. The first-order chi connectivity index (χ1) is 10.2. The largest absolute Gasteiger partial charge is 0.377 e. The van der Waals surface area contributed by atoms with Crippen LogP contribution < -0.4 is 11.3 Å². The van der Waals surface area contributed by atoms with E-state index in [2.05, 4.69) is 23.0 Å². The topological polar surface area (TPSA) is 65.1 Å². The fraction of sp³-hybridized carbons (Fsp3) is 0.562. The van der Waals surface area contributed by atoms with Gasteiger partial charge in [-0.15, -0.1) is 0 Å². The SMILES string of the molecule is CCCC(OCC)C(Cc1nc2ccccc2n1C)NN. The van der Waals surface area contributed by atoms with Crippen molar-refractivity contribution >= 4 is 11.0 Å². The van der Waals surface area contributed by atoms with Gasteiger partial charge in [-0.05, 0) is 25.5 Å². The van der Waals surface area contributed by atoms with E-state index in [-0.39, 0.29) is 12.1 Å². The van der Waals surface area contributed by atoms with E-state index < -0.39 is 0 Å². The summed E-state index contributed by atoms with van der Waals surface area (Å²) >= 11 is 0. The van der Waals surface area contributed by atoms with Gasteiger partial charge in [0.25, 0.3) is 0 Å². The average Bonchev–Trinajstić information content (AvgIpc) is 2.81. The molecule has 1 heterocycles. The highest BCUT2D eigenvalue weighted by Gasteiger charge is 2.22. The van der Waals surface area contributed by atoms with Crippen molar-refractivity contribution < 1.29 is 4.74 Å². The number of aryl methyl sites for hydroxylation is 1. The summed E-state index contributed by atoms with van der Waals surface area (Å²) < 4.78 is 7.98. The van der Waals surface area contributed by atoms with Crippen molar-refractivity contribution in [1.82, 2.24) is 15.0 Å². The Labute approximate surface area is 126 Å². The van der Waals surface area contributed by atoms with Crippen molar-refractivity contribution in [2.75, 3.05) is 6.61 Å². The number of aromatic nitrogens is 2. The molecule has 5 heteroatoms. The fourth-order valence-corrected chi connectivity index (χ4v) is 2.77. The van der Waals surface area contributed by atoms with Gasteiger partial charge in [0.2, 0.25) is 0 Å². The number of ether oxygens (including phenoxy) is 1. The van der Waals surface area contributed by atoms with Crippen molar-refractivity contribution in [3.05, 3.63) is 30.1 Å². The molecule has 0 saturated carbocycles. The van der Waals surface area contributed by atoms with Crippen LogP contribution >= 0.6 is 0 Å². The first kappa shape index (κ1) is 15.9. The summed E-state index contributed by atoms with van der Waals surface area (Å²) in [5.41, 5.74) is 5.08. The van der Waals surface area contributed by atoms with E-state index in [0.717, 1.165) is 36.1 Å². The number of fused-ring (bicyclic) bond motifs is 1. The second-order valence-electron chi connectivity index (χ2n) is 5.34. The second kappa shape index (κ2) is 7.54. The average molecular weight is 290 g/mol. The van der Waals surface area contributed by atoms with Crippen LogP contribution in [0.4, 0.5) is 0 Å². The summed E-state index contributed by atoms with van der Waals surface area (Å²) in [6.07, 6.45) is 2.94. The zero-order valence-electron chi connectivity index (χ0n) is 13.2. The van der Waals surface area contributed by atoms with Gasteiger partial charge < -0.3 is 9.30 Å². The minimum Gasteiger partial charge on any atom is -0.377 e. The van der Waals surface area contributed by atoms with Gasteiger partial charge in [0, 0.05) is 20.1 Å². The van der Waals surface area contributed by atoms with E-state index in [0.29, 0.717) is 6.61 Å². The Morgan fingerprint density at radius 2 is 2.10 bits per heavy atom. The normalized spacial score (nSPS) is 14.5. The number of nitrogens with one attached hydrogen (secondary N) is 1. The fourth-order valence-electron chi connectivity index (χ4n) is 2.77. The standard InChI is InChI=1S/C16H26N4O/c1-4-8-15(21-5-2)13(19-17)11-16-18-12-9-6-7-10-14(12)20(16)3/h6-7,9-10,13,15,19H,4-5,8,11,17H2,1-3H3. The molecular weight excluding hydrogens is 264 g/mol. The zero-order chi connectivity index (χ0) is 15.2. The summed E-state index contributed by atoms with van der Waals surface area (Å²) in [6, 6.07) is 8.24. The smallest absolute Gasteiger partial charge is 0.111 e. The highest BCUT2D eigenvalue weighted by Crippen LogP contribution is 2.17. The monoisotopic (exact) mass is 290 g/mol. The summed E-state index contributed by atoms with van der Waals surface area (Å²) in [5, 5.41) is 0.